The summed E-state index contributed by atoms with van der Waals surface area (Å²) in [5.41, 5.74) is 7.24. The molecule has 0 radical (unpaired) electrons. The maximum absolute atomic E-state index is 5.60. The van der Waals surface area contributed by atoms with Crippen molar-refractivity contribution in [3.05, 3.63) is 24.0 Å². The Morgan fingerprint density at radius 2 is 2.20 bits per heavy atom. The van der Waals surface area contributed by atoms with Gasteiger partial charge in [-0.1, -0.05) is 13.8 Å². The van der Waals surface area contributed by atoms with Gasteiger partial charge in [0.15, 0.2) is 0 Å². The highest BCUT2D eigenvalue weighted by Crippen LogP contribution is 2.21. The Labute approximate surface area is 92.7 Å². The average Bonchev–Trinajstić information content (AvgIpc) is 2.54. The van der Waals surface area contributed by atoms with E-state index in [9.17, 15) is 0 Å². The van der Waals surface area contributed by atoms with Crippen LogP contribution < -0.4 is 5.73 Å². The van der Waals surface area contributed by atoms with Gasteiger partial charge in [-0.05, 0) is 37.1 Å². The molecule has 0 atom stereocenters. The summed E-state index contributed by atoms with van der Waals surface area (Å²) < 4.78 is 0. The average molecular weight is 209 g/mol. The van der Waals surface area contributed by atoms with Crippen LogP contribution in [0.5, 0.6) is 0 Å². The van der Waals surface area contributed by atoms with E-state index in [2.05, 4.69) is 36.8 Å². The maximum Gasteiger partial charge on any atom is 0.0245 e. The van der Waals surface area contributed by atoms with Crippen LogP contribution in [0.25, 0.3) is 0 Å². The zero-order valence-corrected chi connectivity index (χ0v) is 10.1. The fourth-order valence-corrected chi connectivity index (χ4v) is 2.02. The number of nitrogens with one attached hydrogen (secondary N) is 1. The molecule has 1 aromatic heterocycles. The first kappa shape index (κ1) is 12.3. The zero-order valence-electron chi connectivity index (χ0n) is 10.1. The Hall–Kier alpha value is -0.800. The van der Waals surface area contributed by atoms with E-state index >= 15 is 0 Å². The lowest BCUT2D eigenvalue weighted by atomic mass is 9.89. The molecule has 0 amide bonds. The van der Waals surface area contributed by atoms with E-state index in [0.29, 0.717) is 5.41 Å². The molecule has 15 heavy (non-hydrogen) atoms. The number of hydrogen-bond acceptors (Lipinski definition) is 2. The van der Waals surface area contributed by atoms with Crippen molar-refractivity contribution in [2.45, 2.75) is 26.8 Å². The molecular formula is C12H23N3. The first-order valence-electron chi connectivity index (χ1n) is 5.54. The lowest BCUT2D eigenvalue weighted by Gasteiger charge is -2.29. The highest BCUT2D eigenvalue weighted by molar-refractivity contribution is 5.07. The van der Waals surface area contributed by atoms with Crippen LogP contribution in [0.2, 0.25) is 0 Å². The molecule has 0 bridgehead atoms. The summed E-state index contributed by atoms with van der Waals surface area (Å²) in [5, 5.41) is 0. The molecule has 3 heteroatoms. The minimum atomic E-state index is 0.305. The number of hydrogen-bond donors (Lipinski definition) is 2. The van der Waals surface area contributed by atoms with Crippen LogP contribution in [0.15, 0.2) is 18.5 Å². The SMILES string of the molecule is CN(Cc1cc[nH]c1)CC(C)(C)CCN. The number of H-pyrrole nitrogens is 1. The zero-order chi connectivity index (χ0) is 11.3. The summed E-state index contributed by atoms with van der Waals surface area (Å²) in [7, 11) is 2.16. The summed E-state index contributed by atoms with van der Waals surface area (Å²) in [6.07, 6.45) is 5.09. The second-order valence-electron chi connectivity index (χ2n) is 5.09. The minimum Gasteiger partial charge on any atom is -0.367 e. The number of nitrogens with two attached hydrogens (primary N) is 1. The molecule has 0 unspecified atom stereocenters. The van der Waals surface area contributed by atoms with E-state index in [4.69, 9.17) is 5.73 Å². The van der Waals surface area contributed by atoms with Crippen molar-refractivity contribution in [1.82, 2.24) is 9.88 Å². The van der Waals surface area contributed by atoms with Crippen LogP contribution in [0.4, 0.5) is 0 Å². The fourth-order valence-electron chi connectivity index (χ4n) is 2.02. The molecule has 1 rings (SSSR count). The van der Waals surface area contributed by atoms with Crippen LogP contribution in [0.1, 0.15) is 25.8 Å². The smallest absolute Gasteiger partial charge is 0.0245 e. The van der Waals surface area contributed by atoms with E-state index in [1.807, 2.05) is 12.4 Å². The second-order valence-corrected chi connectivity index (χ2v) is 5.09. The summed E-state index contributed by atoms with van der Waals surface area (Å²) in [5.74, 6) is 0. The molecule has 0 aliphatic rings. The molecule has 1 heterocycles. The molecule has 1 aromatic rings. The third-order valence-corrected chi connectivity index (χ3v) is 2.63. The van der Waals surface area contributed by atoms with Crippen molar-refractivity contribution in [2.24, 2.45) is 11.1 Å². The van der Waals surface area contributed by atoms with E-state index in [-0.39, 0.29) is 0 Å². The summed E-state index contributed by atoms with van der Waals surface area (Å²) in [4.78, 5) is 5.42. The van der Waals surface area contributed by atoms with Gasteiger partial charge in [0.2, 0.25) is 0 Å². The molecular weight excluding hydrogens is 186 g/mol. The molecule has 0 aliphatic carbocycles. The molecule has 0 aliphatic heterocycles. The van der Waals surface area contributed by atoms with Gasteiger partial charge in [0.25, 0.3) is 0 Å². The third kappa shape index (κ3) is 4.49. The van der Waals surface area contributed by atoms with E-state index in [0.717, 1.165) is 26.1 Å². The molecule has 0 fully saturated rings. The number of nitrogens with zero attached hydrogens (tertiary/aromatic N) is 1. The predicted molar refractivity (Wildman–Crippen MR) is 64.6 cm³/mol. The molecule has 0 spiro atoms. The predicted octanol–water partition coefficient (Wildman–Crippen LogP) is 1.82. The van der Waals surface area contributed by atoms with Crippen molar-refractivity contribution in [1.29, 1.82) is 0 Å². The Morgan fingerprint density at radius 1 is 1.47 bits per heavy atom. The van der Waals surface area contributed by atoms with Crippen LogP contribution >= 0.6 is 0 Å². The van der Waals surface area contributed by atoms with Crippen LogP contribution in [-0.4, -0.2) is 30.0 Å². The quantitative estimate of drug-likeness (QED) is 0.750. The van der Waals surface area contributed by atoms with Crippen molar-refractivity contribution in [2.75, 3.05) is 20.1 Å². The largest absolute Gasteiger partial charge is 0.367 e. The van der Waals surface area contributed by atoms with Gasteiger partial charge in [0.05, 0.1) is 0 Å². The molecule has 3 nitrogen and oxygen atoms in total. The third-order valence-electron chi connectivity index (χ3n) is 2.63. The first-order valence-corrected chi connectivity index (χ1v) is 5.54. The lowest BCUT2D eigenvalue weighted by Crippen LogP contribution is -2.32. The molecule has 3 N–H and O–H groups in total. The molecule has 0 aromatic carbocycles. The van der Waals surface area contributed by atoms with Crippen molar-refractivity contribution in [3.8, 4) is 0 Å². The lowest BCUT2D eigenvalue weighted by molar-refractivity contribution is 0.195. The number of aromatic nitrogens is 1. The van der Waals surface area contributed by atoms with Gasteiger partial charge in [0.1, 0.15) is 0 Å². The van der Waals surface area contributed by atoms with Crippen molar-refractivity contribution < 1.29 is 0 Å². The Kier molecular flexibility index (Phi) is 4.36. The minimum absolute atomic E-state index is 0.305. The Bertz CT molecular complexity index is 264. The van der Waals surface area contributed by atoms with Gasteiger partial charge >= 0.3 is 0 Å². The highest BCUT2D eigenvalue weighted by Gasteiger charge is 2.18. The van der Waals surface area contributed by atoms with Crippen LogP contribution in [-0.2, 0) is 6.54 Å². The molecule has 0 saturated heterocycles. The summed E-state index contributed by atoms with van der Waals surface area (Å²) >= 11 is 0. The van der Waals surface area contributed by atoms with Gasteiger partial charge in [-0.3, -0.25) is 0 Å². The van der Waals surface area contributed by atoms with Gasteiger partial charge in [-0.25, -0.2) is 0 Å². The van der Waals surface area contributed by atoms with Crippen molar-refractivity contribution in [3.63, 3.8) is 0 Å². The normalized spacial score (nSPS) is 12.3. The van der Waals surface area contributed by atoms with Crippen molar-refractivity contribution >= 4 is 0 Å². The van der Waals surface area contributed by atoms with Gasteiger partial charge < -0.3 is 15.6 Å². The standard InChI is InChI=1S/C12H23N3/c1-12(2,5-6-13)10-15(3)9-11-4-7-14-8-11/h4,7-8,14H,5-6,9-10,13H2,1-3H3. The summed E-state index contributed by atoms with van der Waals surface area (Å²) in [6, 6.07) is 2.12. The first-order chi connectivity index (χ1) is 7.03. The van der Waals surface area contributed by atoms with E-state index < -0.39 is 0 Å². The van der Waals surface area contributed by atoms with Gasteiger partial charge in [-0.15, -0.1) is 0 Å². The number of rotatable bonds is 6. The monoisotopic (exact) mass is 209 g/mol. The van der Waals surface area contributed by atoms with Gasteiger partial charge in [0, 0.05) is 25.5 Å². The van der Waals surface area contributed by atoms with E-state index in [1.54, 1.807) is 0 Å². The number of aromatic amines is 1. The van der Waals surface area contributed by atoms with Gasteiger partial charge in [-0.2, -0.15) is 0 Å². The van der Waals surface area contributed by atoms with Crippen LogP contribution in [0, 0.1) is 5.41 Å². The maximum atomic E-state index is 5.60. The molecule has 0 saturated carbocycles. The van der Waals surface area contributed by atoms with E-state index in [1.165, 1.54) is 5.56 Å². The Balaban J connectivity index is 2.38. The second kappa shape index (κ2) is 5.33. The topological polar surface area (TPSA) is 45.0 Å². The summed E-state index contributed by atoms with van der Waals surface area (Å²) in [6.45, 7) is 7.39. The highest BCUT2D eigenvalue weighted by atomic mass is 15.1. The molecule has 86 valence electrons. The van der Waals surface area contributed by atoms with Crippen LogP contribution in [0.3, 0.4) is 0 Å². The Morgan fingerprint density at radius 3 is 2.73 bits per heavy atom. The fraction of sp³-hybridized carbons (Fsp3) is 0.667.